The second kappa shape index (κ2) is 4.94. The number of hydrogen-bond donors (Lipinski definition) is 2. The van der Waals surface area contributed by atoms with Crippen LogP contribution in [-0.2, 0) is 6.42 Å². The van der Waals surface area contributed by atoms with Gasteiger partial charge in [0, 0.05) is 19.2 Å². The molecule has 7 nitrogen and oxygen atoms in total. The highest BCUT2D eigenvalue weighted by atomic mass is 16.3. The lowest BCUT2D eigenvalue weighted by atomic mass is 10.1. The first-order valence-electron chi connectivity index (χ1n) is 6.11. The predicted molar refractivity (Wildman–Crippen MR) is 67.4 cm³/mol. The van der Waals surface area contributed by atoms with Crippen molar-refractivity contribution in [3.63, 3.8) is 0 Å². The minimum atomic E-state index is -0.769. The Morgan fingerprint density at radius 1 is 1.47 bits per heavy atom. The van der Waals surface area contributed by atoms with Crippen LogP contribution in [0, 0.1) is 0 Å². The van der Waals surface area contributed by atoms with Gasteiger partial charge < -0.3 is 19.7 Å². The number of nitrogens with zero attached hydrogens (tertiary/aromatic N) is 4. The number of anilines is 1. The number of aliphatic hydroxyl groups is 1. The number of nitrogens with one attached hydrogen (secondary N) is 1. The molecule has 2 aromatic heterocycles. The fourth-order valence-corrected chi connectivity index (χ4v) is 2.38. The maximum Gasteiger partial charge on any atom is 0.181 e. The Morgan fingerprint density at radius 2 is 2.37 bits per heavy atom. The molecule has 1 aliphatic rings. The molecule has 0 bridgehead atoms. The van der Waals surface area contributed by atoms with E-state index in [0.29, 0.717) is 24.5 Å². The molecule has 3 rings (SSSR count). The molecule has 2 unspecified atom stereocenters. The quantitative estimate of drug-likeness (QED) is 0.793. The van der Waals surface area contributed by atoms with Gasteiger partial charge in [-0.1, -0.05) is 0 Å². The van der Waals surface area contributed by atoms with Crippen LogP contribution < -0.4 is 10.2 Å². The molecule has 0 saturated heterocycles. The normalized spacial score (nSPS) is 22.9. The van der Waals surface area contributed by atoms with E-state index in [1.54, 1.807) is 19.3 Å². The van der Waals surface area contributed by atoms with Crippen molar-refractivity contribution < 1.29 is 9.52 Å². The Bertz CT molecular complexity index is 544. The highest BCUT2D eigenvalue weighted by molar-refractivity contribution is 5.40. The smallest absolute Gasteiger partial charge is 0.181 e. The average Bonchev–Trinajstić information content (AvgIpc) is 2.85. The fraction of sp³-hybridized carbons (Fsp3) is 0.417. The maximum absolute atomic E-state index is 10.5. The molecule has 0 radical (unpaired) electrons. The summed E-state index contributed by atoms with van der Waals surface area (Å²) >= 11 is 0. The third kappa shape index (κ3) is 2.06. The fourth-order valence-electron chi connectivity index (χ4n) is 2.38. The molecular weight excluding hydrogens is 246 g/mol. The van der Waals surface area contributed by atoms with Crippen molar-refractivity contribution in [2.24, 2.45) is 0 Å². The van der Waals surface area contributed by atoms with Gasteiger partial charge in [0.2, 0.25) is 0 Å². The lowest BCUT2D eigenvalue weighted by Crippen LogP contribution is -2.43. The van der Waals surface area contributed by atoms with Crippen LogP contribution in [0.2, 0.25) is 0 Å². The molecule has 19 heavy (non-hydrogen) atoms. The van der Waals surface area contributed by atoms with Crippen LogP contribution in [0.4, 0.5) is 5.82 Å². The minimum absolute atomic E-state index is 0.338. The summed E-state index contributed by atoms with van der Waals surface area (Å²) in [6.45, 7) is 0.621. The molecule has 7 heteroatoms. The molecule has 0 aliphatic carbocycles. The van der Waals surface area contributed by atoms with Crippen LogP contribution in [0.25, 0.3) is 0 Å². The van der Waals surface area contributed by atoms with Gasteiger partial charge in [0.25, 0.3) is 0 Å². The van der Waals surface area contributed by atoms with Crippen molar-refractivity contribution >= 4 is 5.82 Å². The molecule has 0 aromatic carbocycles. The molecule has 2 atom stereocenters. The molecule has 0 spiro atoms. The van der Waals surface area contributed by atoms with E-state index >= 15 is 0 Å². The van der Waals surface area contributed by atoms with E-state index in [1.807, 2.05) is 4.90 Å². The lowest BCUT2D eigenvalue weighted by Gasteiger charge is -2.30. The van der Waals surface area contributed by atoms with Gasteiger partial charge >= 0.3 is 0 Å². The van der Waals surface area contributed by atoms with E-state index in [1.165, 1.54) is 12.7 Å². The van der Waals surface area contributed by atoms with Crippen molar-refractivity contribution in [2.45, 2.75) is 18.7 Å². The van der Waals surface area contributed by atoms with E-state index in [0.717, 1.165) is 5.69 Å². The highest BCUT2D eigenvalue weighted by Gasteiger charge is 2.34. The van der Waals surface area contributed by atoms with E-state index in [9.17, 15) is 5.11 Å². The van der Waals surface area contributed by atoms with Crippen LogP contribution >= 0.6 is 0 Å². The first-order valence-corrected chi connectivity index (χ1v) is 6.11. The minimum Gasteiger partial charge on any atom is -0.446 e. The largest absolute Gasteiger partial charge is 0.446 e. The summed E-state index contributed by atoms with van der Waals surface area (Å²) < 4.78 is 5.40. The molecule has 2 N–H and O–H groups in total. The Balaban J connectivity index is 1.96. The second-order valence-corrected chi connectivity index (χ2v) is 4.35. The second-order valence-electron chi connectivity index (χ2n) is 4.35. The zero-order chi connectivity index (χ0) is 13.2. The number of likely N-dealkylation sites (N-methyl/N-ethyl adjacent to an activating group) is 1. The first kappa shape index (κ1) is 12.1. The lowest BCUT2D eigenvalue weighted by molar-refractivity contribution is 0.118. The van der Waals surface area contributed by atoms with Gasteiger partial charge in [-0.3, -0.25) is 0 Å². The van der Waals surface area contributed by atoms with E-state index < -0.39 is 6.23 Å². The number of aromatic nitrogens is 3. The van der Waals surface area contributed by atoms with Gasteiger partial charge in [-0.15, -0.1) is 0 Å². The van der Waals surface area contributed by atoms with Gasteiger partial charge in [-0.25, -0.2) is 15.0 Å². The van der Waals surface area contributed by atoms with Crippen molar-refractivity contribution in [1.82, 2.24) is 20.3 Å². The average molecular weight is 261 g/mol. The van der Waals surface area contributed by atoms with Gasteiger partial charge in [0.1, 0.15) is 23.9 Å². The van der Waals surface area contributed by atoms with E-state index in [2.05, 4.69) is 20.3 Å². The summed E-state index contributed by atoms with van der Waals surface area (Å²) in [5, 5.41) is 13.6. The molecule has 1 aliphatic heterocycles. The summed E-state index contributed by atoms with van der Waals surface area (Å²) in [4.78, 5) is 14.1. The summed E-state index contributed by atoms with van der Waals surface area (Å²) in [5.74, 6) is 1.37. The Morgan fingerprint density at radius 3 is 3.11 bits per heavy atom. The molecule has 3 heterocycles. The Hall–Kier alpha value is -1.99. The highest BCUT2D eigenvalue weighted by Crippen LogP contribution is 2.28. The van der Waals surface area contributed by atoms with Crippen LogP contribution in [0.15, 0.2) is 29.4 Å². The summed E-state index contributed by atoms with van der Waals surface area (Å²) in [7, 11) is 1.78. The topological polar surface area (TPSA) is 87.3 Å². The zero-order valence-corrected chi connectivity index (χ0v) is 10.5. The van der Waals surface area contributed by atoms with Crippen molar-refractivity contribution in [3.05, 3.63) is 36.4 Å². The molecule has 0 amide bonds. The third-order valence-corrected chi connectivity index (χ3v) is 3.33. The molecule has 0 saturated carbocycles. The first-order chi connectivity index (χ1) is 9.31. The van der Waals surface area contributed by atoms with Gasteiger partial charge in [0.15, 0.2) is 12.6 Å². The van der Waals surface area contributed by atoms with Crippen LogP contribution in [0.5, 0.6) is 0 Å². The maximum atomic E-state index is 10.5. The van der Waals surface area contributed by atoms with Gasteiger partial charge in [-0.05, 0) is 13.1 Å². The Kier molecular flexibility index (Phi) is 3.14. The number of oxazole rings is 1. The van der Waals surface area contributed by atoms with E-state index in [4.69, 9.17) is 4.42 Å². The van der Waals surface area contributed by atoms with Crippen molar-refractivity contribution in [2.75, 3.05) is 18.5 Å². The number of rotatable bonds is 2. The molecular formula is C12H15N5O2. The number of hydrogen-bond acceptors (Lipinski definition) is 7. The Labute approximate surface area is 110 Å². The summed E-state index contributed by atoms with van der Waals surface area (Å²) in [6.07, 6.45) is 4.48. The molecule has 0 fully saturated rings. The van der Waals surface area contributed by atoms with Gasteiger partial charge in [-0.2, -0.15) is 0 Å². The summed E-state index contributed by atoms with van der Waals surface area (Å²) in [6, 6.07) is 1.44. The van der Waals surface area contributed by atoms with Crippen LogP contribution in [-0.4, -0.2) is 39.9 Å². The van der Waals surface area contributed by atoms with Crippen LogP contribution in [0.3, 0.4) is 0 Å². The number of aliphatic hydroxyl groups excluding tert-OH is 1. The predicted octanol–water partition coefficient (Wildman–Crippen LogP) is 0.106. The standard InChI is InChI=1S/C12H15N5O2/c1-13-10-11-8(16-7-19-11)3-5-17(12(10)18)9-2-4-14-6-15-9/h2,4,6-7,10,12-13,18H,3,5H2,1H3. The van der Waals surface area contributed by atoms with Crippen molar-refractivity contribution in [1.29, 1.82) is 0 Å². The molecule has 100 valence electrons. The summed E-state index contributed by atoms with van der Waals surface area (Å²) in [5.41, 5.74) is 0.870. The zero-order valence-electron chi connectivity index (χ0n) is 10.5. The number of fused-ring (bicyclic) bond motifs is 1. The monoisotopic (exact) mass is 261 g/mol. The SMILES string of the molecule is CNC1c2ocnc2CCN(c2ccncn2)C1O. The van der Waals surface area contributed by atoms with Gasteiger partial charge in [0.05, 0.1) is 5.69 Å². The molecule has 2 aromatic rings. The van der Waals surface area contributed by atoms with Crippen LogP contribution in [0.1, 0.15) is 17.5 Å². The third-order valence-electron chi connectivity index (χ3n) is 3.33. The van der Waals surface area contributed by atoms with E-state index in [-0.39, 0.29) is 6.04 Å². The van der Waals surface area contributed by atoms with Crippen molar-refractivity contribution in [3.8, 4) is 0 Å².